The van der Waals surface area contributed by atoms with Gasteiger partial charge in [-0.3, -0.25) is 0 Å². The van der Waals surface area contributed by atoms with E-state index in [2.05, 4.69) is 183 Å². The van der Waals surface area contributed by atoms with Crippen molar-refractivity contribution in [2.75, 3.05) is 4.90 Å². The van der Waals surface area contributed by atoms with Crippen molar-refractivity contribution in [3.05, 3.63) is 197 Å². The molecular weight excluding hydrogens is 567 g/mol. The van der Waals surface area contributed by atoms with Gasteiger partial charge in [-0.25, -0.2) is 0 Å². The van der Waals surface area contributed by atoms with Crippen LogP contribution < -0.4 is 4.90 Å². The van der Waals surface area contributed by atoms with Crippen molar-refractivity contribution >= 4 is 17.1 Å². The van der Waals surface area contributed by atoms with Crippen LogP contribution in [0, 0.1) is 0 Å². The van der Waals surface area contributed by atoms with E-state index < -0.39 is 5.41 Å². The fourth-order valence-corrected chi connectivity index (χ4v) is 9.15. The second kappa shape index (κ2) is 9.44. The zero-order valence-electron chi connectivity index (χ0n) is 26.5. The van der Waals surface area contributed by atoms with Gasteiger partial charge >= 0.3 is 0 Å². The highest BCUT2D eigenvalue weighted by atomic mass is 15.2. The molecule has 0 bridgehead atoms. The van der Waals surface area contributed by atoms with Crippen molar-refractivity contribution in [1.29, 1.82) is 0 Å². The maximum atomic E-state index is 2.46. The van der Waals surface area contributed by atoms with Gasteiger partial charge in [-0.1, -0.05) is 147 Å². The summed E-state index contributed by atoms with van der Waals surface area (Å²) in [6.07, 6.45) is 0. The molecule has 0 saturated carbocycles. The van der Waals surface area contributed by atoms with Gasteiger partial charge in [0.2, 0.25) is 0 Å². The van der Waals surface area contributed by atoms with Gasteiger partial charge in [0.05, 0.1) is 16.8 Å². The first-order valence-electron chi connectivity index (χ1n) is 16.6. The number of para-hydroxylation sites is 3. The summed E-state index contributed by atoms with van der Waals surface area (Å²) in [4.78, 5) is 2.45. The Balaban J connectivity index is 1.31. The van der Waals surface area contributed by atoms with E-state index in [1.807, 2.05) is 0 Å². The number of benzene rings is 7. The van der Waals surface area contributed by atoms with E-state index in [9.17, 15) is 0 Å². The van der Waals surface area contributed by atoms with Crippen LogP contribution in [0.2, 0.25) is 0 Å². The molecule has 1 aliphatic heterocycles. The summed E-state index contributed by atoms with van der Waals surface area (Å²) in [6.45, 7) is 4.72. The summed E-state index contributed by atoms with van der Waals surface area (Å²) in [6, 6.07) is 61.2. The van der Waals surface area contributed by atoms with Gasteiger partial charge in [0.25, 0.3) is 0 Å². The quantitative estimate of drug-likeness (QED) is 0.191. The highest BCUT2D eigenvalue weighted by Gasteiger charge is 2.52. The summed E-state index contributed by atoms with van der Waals surface area (Å²) in [5.41, 5.74) is 19.2. The smallest absolute Gasteiger partial charge is 0.0760 e. The number of nitrogens with zero attached hydrogens (tertiary/aromatic N) is 1. The van der Waals surface area contributed by atoms with Crippen molar-refractivity contribution < 1.29 is 0 Å². The summed E-state index contributed by atoms with van der Waals surface area (Å²) in [7, 11) is 0. The normalized spacial score (nSPS) is 15.3. The predicted octanol–water partition coefficient (Wildman–Crippen LogP) is 11.8. The van der Waals surface area contributed by atoms with E-state index in [1.54, 1.807) is 0 Å². The Hall–Kier alpha value is -5.66. The van der Waals surface area contributed by atoms with Crippen LogP contribution in [0.15, 0.2) is 164 Å². The van der Waals surface area contributed by atoms with Crippen LogP contribution in [0.25, 0.3) is 33.4 Å². The molecule has 0 fully saturated rings. The molecule has 3 aliphatic rings. The molecule has 0 saturated heterocycles. The minimum atomic E-state index is -0.489. The first kappa shape index (κ1) is 26.5. The van der Waals surface area contributed by atoms with E-state index in [4.69, 9.17) is 0 Å². The first-order valence-corrected chi connectivity index (χ1v) is 16.6. The Bertz CT molecular complexity index is 2350. The SMILES string of the molecule is CC1(C)c2ccccc2-c2cc(-c3cccc4c3C3(c5ccccc5-4)c4ccccc4N(c4ccccc4)c4ccccc43)ccc21. The molecule has 0 unspecified atom stereocenters. The summed E-state index contributed by atoms with van der Waals surface area (Å²) in [5, 5.41) is 0. The lowest BCUT2D eigenvalue weighted by Crippen LogP contribution is -2.36. The maximum absolute atomic E-state index is 2.46. The Morgan fingerprint density at radius 2 is 0.894 bits per heavy atom. The van der Waals surface area contributed by atoms with E-state index in [0.717, 1.165) is 0 Å². The largest absolute Gasteiger partial charge is 0.310 e. The monoisotopic (exact) mass is 599 g/mol. The molecule has 1 heterocycles. The van der Waals surface area contributed by atoms with Crippen molar-refractivity contribution in [1.82, 2.24) is 0 Å². The van der Waals surface area contributed by atoms with Gasteiger partial charge in [0.1, 0.15) is 0 Å². The Labute approximate surface area is 276 Å². The molecule has 1 heteroatoms. The van der Waals surface area contributed by atoms with Crippen LogP contribution in [-0.2, 0) is 10.8 Å². The third-order valence-corrected chi connectivity index (χ3v) is 11.1. The first-order chi connectivity index (χ1) is 23.1. The van der Waals surface area contributed by atoms with Gasteiger partial charge < -0.3 is 4.90 Å². The maximum Gasteiger partial charge on any atom is 0.0760 e. The van der Waals surface area contributed by atoms with Crippen LogP contribution >= 0.6 is 0 Å². The average Bonchev–Trinajstić information content (AvgIpc) is 3.55. The highest BCUT2D eigenvalue weighted by Crippen LogP contribution is 2.65. The summed E-state index contributed by atoms with van der Waals surface area (Å²) < 4.78 is 0. The molecule has 2 aliphatic carbocycles. The van der Waals surface area contributed by atoms with Crippen molar-refractivity contribution in [2.45, 2.75) is 24.7 Å². The molecule has 222 valence electrons. The molecule has 1 spiro atoms. The molecule has 0 radical (unpaired) electrons. The van der Waals surface area contributed by atoms with Gasteiger partial charge in [0.15, 0.2) is 0 Å². The summed E-state index contributed by atoms with van der Waals surface area (Å²) >= 11 is 0. The molecule has 1 nitrogen and oxygen atoms in total. The molecule has 0 aromatic heterocycles. The topological polar surface area (TPSA) is 3.24 Å². The number of hydrogen-bond donors (Lipinski definition) is 0. The van der Waals surface area contributed by atoms with Crippen LogP contribution in [0.1, 0.15) is 47.2 Å². The molecular formula is C46H33N. The number of fused-ring (bicyclic) bond motifs is 12. The average molecular weight is 600 g/mol. The molecule has 0 atom stereocenters. The summed E-state index contributed by atoms with van der Waals surface area (Å²) in [5.74, 6) is 0. The predicted molar refractivity (Wildman–Crippen MR) is 195 cm³/mol. The lowest BCUT2D eigenvalue weighted by molar-refractivity contribution is 0.660. The number of rotatable bonds is 2. The molecule has 47 heavy (non-hydrogen) atoms. The van der Waals surface area contributed by atoms with E-state index in [0.29, 0.717) is 0 Å². The number of hydrogen-bond acceptors (Lipinski definition) is 1. The second-order valence-corrected chi connectivity index (χ2v) is 13.7. The molecule has 10 rings (SSSR count). The van der Waals surface area contributed by atoms with Gasteiger partial charge in [-0.2, -0.15) is 0 Å². The zero-order chi connectivity index (χ0) is 31.3. The van der Waals surface area contributed by atoms with Crippen LogP contribution in [0.5, 0.6) is 0 Å². The van der Waals surface area contributed by atoms with Gasteiger partial charge in [0, 0.05) is 11.1 Å². The zero-order valence-corrected chi connectivity index (χ0v) is 26.5. The molecule has 0 amide bonds. The third kappa shape index (κ3) is 3.34. The second-order valence-electron chi connectivity index (χ2n) is 13.7. The molecule has 7 aromatic rings. The molecule has 7 aromatic carbocycles. The Morgan fingerprint density at radius 3 is 1.60 bits per heavy atom. The lowest BCUT2D eigenvalue weighted by atomic mass is 9.63. The Morgan fingerprint density at radius 1 is 0.383 bits per heavy atom. The Kier molecular flexibility index (Phi) is 5.33. The fourth-order valence-electron chi connectivity index (χ4n) is 9.15. The molecule has 0 N–H and O–H groups in total. The van der Waals surface area contributed by atoms with E-state index in [-0.39, 0.29) is 5.41 Å². The van der Waals surface area contributed by atoms with E-state index >= 15 is 0 Å². The fraction of sp³-hybridized carbons (Fsp3) is 0.0870. The van der Waals surface area contributed by atoms with Crippen molar-refractivity contribution in [3.63, 3.8) is 0 Å². The minimum absolute atomic E-state index is 0.0251. The standard InChI is InChI=1S/C46H33N/c1-45(2)37-21-8-6-18-34(37)36-29-30(27-28-38(36)45)32-19-14-20-35-33-17-7-9-22-39(33)46(44(32)35)40-23-10-12-25-42(40)47(31-15-4-3-5-16-31)43-26-13-11-24-41(43)46/h3-29H,1-2H3. The van der Waals surface area contributed by atoms with E-state index in [1.165, 1.54) is 83.8 Å². The lowest BCUT2D eigenvalue weighted by Gasteiger charge is -2.45. The third-order valence-electron chi connectivity index (χ3n) is 11.1. The van der Waals surface area contributed by atoms with Crippen molar-refractivity contribution in [3.8, 4) is 33.4 Å². The van der Waals surface area contributed by atoms with Crippen LogP contribution in [0.4, 0.5) is 17.1 Å². The minimum Gasteiger partial charge on any atom is -0.310 e. The van der Waals surface area contributed by atoms with Crippen LogP contribution in [0.3, 0.4) is 0 Å². The van der Waals surface area contributed by atoms with Gasteiger partial charge in [-0.15, -0.1) is 0 Å². The van der Waals surface area contributed by atoms with Gasteiger partial charge in [-0.05, 0) is 97.1 Å². The van der Waals surface area contributed by atoms with Crippen molar-refractivity contribution in [2.24, 2.45) is 0 Å². The highest BCUT2D eigenvalue weighted by molar-refractivity contribution is 5.99. The van der Waals surface area contributed by atoms with Crippen LogP contribution in [-0.4, -0.2) is 0 Å². The number of anilines is 3.